The van der Waals surface area contributed by atoms with Crippen LogP contribution in [0.2, 0.25) is 0 Å². The molecule has 0 N–H and O–H groups in total. The molecule has 0 unspecified atom stereocenters. The summed E-state index contributed by atoms with van der Waals surface area (Å²) in [7, 11) is 6.73. The molecule has 0 aliphatic heterocycles. The first kappa shape index (κ1) is 17.4. The van der Waals surface area contributed by atoms with E-state index in [1.807, 2.05) is 0 Å². The van der Waals surface area contributed by atoms with E-state index in [-0.39, 0.29) is 0 Å². The van der Waals surface area contributed by atoms with Crippen molar-refractivity contribution in [3.05, 3.63) is 78.1 Å². The number of nitrogens with zero attached hydrogens (tertiary/aromatic N) is 2. The Bertz CT molecular complexity index is 850. The van der Waals surface area contributed by atoms with Gasteiger partial charge in [0.2, 0.25) is 0 Å². The number of pyridine rings is 1. The molecule has 1 aromatic heterocycles. The number of benzene rings is 2. The van der Waals surface area contributed by atoms with Gasteiger partial charge in [-0.05, 0) is 21.9 Å². The fourth-order valence-electron chi connectivity index (χ4n) is 3.04. The summed E-state index contributed by atoms with van der Waals surface area (Å²) in [4.78, 5) is 0. The van der Waals surface area contributed by atoms with Gasteiger partial charge in [-0.2, -0.15) is 0 Å². The SMILES string of the molecule is C[N+](C)(C)CCC[n+]1ccc(C=Cc2cccc3ccccc23)cc1. The molecule has 0 fully saturated rings. The predicted molar refractivity (Wildman–Crippen MR) is 107 cm³/mol. The van der Waals surface area contributed by atoms with Crippen LogP contribution in [-0.2, 0) is 6.54 Å². The van der Waals surface area contributed by atoms with Crippen LogP contribution in [0.25, 0.3) is 22.9 Å². The summed E-state index contributed by atoms with van der Waals surface area (Å²) in [5.41, 5.74) is 2.49. The normalized spacial score (nSPS) is 12.1. The average molecular weight is 332 g/mol. The fourth-order valence-corrected chi connectivity index (χ4v) is 3.04. The Morgan fingerprint density at radius 1 is 0.840 bits per heavy atom. The third-order valence-corrected chi connectivity index (χ3v) is 4.44. The number of rotatable bonds is 6. The van der Waals surface area contributed by atoms with Crippen LogP contribution in [0, 0.1) is 0 Å². The van der Waals surface area contributed by atoms with Crippen molar-refractivity contribution in [3.63, 3.8) is 0 Å². The molecule has 3 rings (SSSR count). The van der Waals surface area contributed by atoms with Crippen LogP contribution in [0.1, 0.15) is 17.5 Å². The average Bonchev–Trinajstić information content (AvgIpc) is 2.60. The van der Waals surface area contributed by atoms with E-state index in [2.05, 4.69) is 105 Å². The maximum Gasteiger partial charge on any atom is 0.169 e. The number of fused-ring (bicyclic) bond motifs is 1. The van der Waals surface area contributed by atoms with E-state index in [9.17, 15) is 0 Å². The summed E-state index contributed by atoms with van der Waals surface area (Å²) in [6.07, 6.45) is 9.95. The third kappa shape index (κ3) is 5.01. The Morgan fingerprint density at radius 2 is 1.56 bits per heavy atom. The molecule has 2 nitrogen and oxygen atoms in total. The lowest BCUT2D eigenvalue weighted by Crippen LogP contribution is -2.39. The molecule has 0 bridgehead atoms. The Kier molecular flexibility index (Phi) is 5.30. The molecule has 0 atom stereocenters. The van der Waals surface area contributed by atoms with Crippen LogP contribution in [0.4, 0.5) is 0 Å². The van der Waals surface area contributed by atoms with Gasteiger partial charge in [0.1, 0.15) is 0 Å². The molecular weight excluding hydrogens is 304 g/mol. The number of hydrogen-bond acceptors (Lipinski definition) is 0. The summed E-state index contributed by atoms with van der Waals surface area (Å²) in [6.45, 7) is 2.26. The lowest BCUT2D eigenvalue weighted by Gasteiger charge is -2.22. The zero-order valence-corrected chi connectivity index (χ0v) is 15.5. The second-order valence-corrected chi connectivity index (χ2v) is 7.64. The first-order chi connectivity index (χ1) is 12.0. The van der Waals surface area contributed by atoms with E-state index in [1.165, 1.54) is 34.9 Å². The number of aromatic nitrogens is 1. The molecule has 0 aliphatic rings. The molecule has 3 aromatic rings. The minimum atomic E-state index is 1.02. The van der Waals surface area contributed by atoms with Crippen molar-refractivity contribution in [2.75, 3.05) is 27.7 Å². The summed E-state index contributed by atoms with van der Waals surface area (Å²) in [5, 5.41) is 2.58. The first-order valence-corrected chi connectivity index (χ1v) is 8.97. The topological polar surface area (TPSA) is 3.88 Å². The Labute approximate surface area is 151 Å². The molecule has 0 aliphatic carbocycles. The van der Waals surface area contributed by atoms with Gasteiger partial charge >= 0.3 is 0 Å². The van der Waals surface area contributed by atoms with Gasteiger partial charge < -0.3 is 4.48 Å². The predicted octanol–water partition coefficient (Wildman–Crippen LogP) is 4.39. The van der Waals surface area contributed by atoms with Gasteiger partial charge in [0.25, 0.3) is 0 Å². The largest absolute Gasteiger partial charge is 0.331 e. The molecule has 0 saturated heterocycles. The van der Waals surface area contributed by atoms with Crippen LogP contribution in [-0.4, -0.2) is 32.2 Å². The van der Waals surface area contributed by atoms with Gasteiger partial charge in [-0.25, -0.2) is 4.57 Å². The highest BCUT2D eigenvalue weighted by Gasteiger charge is 2.08. The van der Waals surface area contributed by atoms with Gasteiger partial charge in [0.05, 0.1) is 34.1 Å². The highest BCUT2D eigenvalue weighted by Crippen LogP contribution is 2.20. The molecule has 128 valence electrons. The van der Waals surface area contributed by atoms with Gasteiger partial charge in [0.15, 0.2) is 18.9 Å². The zero-order chi connectivity index (χ0) is 17.7. The Morgan fingerprint density at radius 3 is 2.32 bits per heavy atom. The highest BCUT2D eigenvalue weighted by atomic mass is 15.3. The monoisotopic (exact) mass is 332 g/mol. The van der Waals surface area contributed by atoms with Gasteiger partial charge in [-0.3, -0.25) is 0 Å². The molecule has 25 heavy (non-hydrogen) atoms. The molecule has 2 aromatic carbocycles. The van der Waals surface area contributed by atoms with Crippen LogP contribution in [0.5, 0.6) is 0 Å². The lowest BCUT2D eigenvalue weighted by molar-refractivity contribution is -0.873. The molecule has 1 heterocycles. The lowest BCUT2D eigenvalue weighted by atomic mass is 10.0. The standard InChI is InChI=1S/C23H28N2/c1-25(2,3)19-7-16-24-17-14-20(15-18-24)12-13-22-10-6-9-21-8-4-5-11-23(21)22/h4-6,8-15,17-18H,7,16,19H2,1-3H3/q+2. The number of hydrogen-bond donors (Lipinski definition) is 0. The highest BCUT2D eigenvalue weighted by molar-refractivity contribution is 5.92. The third-order valence-electron chi connectivity index (χ3n) is 4.44. The molecule has 0 saturated carbocycles. The van der Waals surface area contributed by atoms with Gasteiger partial charge in [-0.1, -0.05) is 54.6 Å². The second kappa shape index (κ2) is 7.62. The summed E-state index contributed by atoms with van der Waals surface area (Å²) in [5.74, 6) is 0. The van der Waals surface area contributed by atoms with E-state index in [0.29, 0.717) is 0 Å². The molecular formula is C23H28N2+2. The maximum absolute atomic E-state index is 2.27. The van der Waals surface area contributed by atoms with E-state index in [1.54, 1.807) is 0 Å². The van der Waals surface area contributed by atoms with Crippen molar-refractivity contribution in [3.8, 4) is 0 Å². The summed E-state index contributed by atoms with van der Waals surface area (Å²) in [6, 6.07) is 19.4. The summed E-state index contributed by atoms with van der Waals surface area (Å²) >= 11 is 0. The van der Waals surface area contributed by atoms with Gasteiger partial charge in [0, 0.05) is 12.1 Å². The van der Waals surface area contributed by atoms with Crippen LogP contribution in [0.3, 0.4) is 0 Å². The van der Waals surface area contributed by atoms with E-state index < -0.39 is 0 Å². The smallest absolute Gasteiger partial charge is 0.169 e. The molecule has 0 spiro atoms. The quantitative estimate of drug-likeness (QED) is 0.465. The first-order valence-electron chi connectivity index (χ1n) is 8.97. The van der Waals surface area contributed by atoms with Crippen molar-refractivity contribution in [2.45, 2.75) is 13.0 Å². The minimum Gasteiger partial charge on any atom is -0.331 e. The zero-order valence-electron chi connectivity index (χ0n) is 15.5. The number of aryl methyl sites for hydroxylation is 1. The van der Waals surface area contributed by atoms with E-state index >= 15 is 0 Å². The fraction of sp³-hybridized carbons (Fsp3) is 0.261. The van der Waals surface area contributed by atoms with E-state index in [4.69, 9.17) is 0 Å². The number of quaternary nitrogens is 1. The van der Waals surface area contributed by atoms with Crippen molar-refractivity contribution >= 4 is 22.9 Å². The van der Waals surface area contributed by atoms with Crippen molar-refractivity contribution in [1.82, 2.24) is 0 Å². The van der Waals surface area contributed by atoms with Crippen molar-refractivity contribution in [1.29, 1.82) is 0 Å². The Balaban J connectivity index is 1.67. The van der Waals surface area contributed by atoms with Crippen LogP contribution < -0.4 is 4.57 Å². The van der Waals surface area contributed by atoms with Crippen LogP contribution in [0.15, 0.2) is 67.0 Å². The minimum absolute atomic E-state index is 1.02. The second-order valence-electron chi connectivity index (χ2n) is 7.64. The summed E-state index contributed by atoms with van der Waals surface area (Å²) < 4.78 is 3.29. The van der Waals surface area contributed by atoms with Crippen molar-refractivity contribution < 1.29 is 9.05 Å². The molecule has 0 amide bonds. The molecule has 2 heteroatoms. The van der Waals surface area contributed by atoms with E-state index in [0.717, 1.165) is 11.0 Å². The van der Waals surface area contributed by atoms with Crippen molar-refractivity contribution in [2.24, 2.45) is 0 Å². The Hall–Kier alpha value is -2.45. The maximum atomic E-state index is 2.27. The van der Waals surface area contributed by atoms with Crippen LogP contribution >= 0.6 is 0 Å². The molecule has 0 radical (unpaired) electrons. The van der Waals surface area contributed by atoms with Gasteiger partial charge in [-0.15, -0.1) is 0 Å².